The van der Waals surface area contributed by atoms with Crippen LogP contribution < -0.4 is 5.32 Å². The molecule has 2 nitrogen and oxygen atoms in total. The highest BCUT2D eigenvalue weighted by Crippen LogP contribution is 2.20. The Bertz CT molecular complexity index is 499. The van der Waals surface area contributed by atoms with Gasteiger partial charge in [-0.1, -0.05) is 34.1 Å². The molecule has 0 saturated heterocycles. The number of rotatable bonds is 5. The second-order valence-corrected chi connectivity index (χ2v) is 4.91. The van der Waals surface area contributed by atoms with E-state index < -0.39 is 0 Å². The summed E-state index contributed by atoms with van der Waals surface area (Å²) in [6.07, 6.45) is 0. The van der Waals surface area contributed by atoms with Crippen LogP contribution in [0.3, 0.4) is 0 Å². The zero-order chi connectivity index (χ0) is 12.1. The van der Waals surface area contributed by atoms with Gasteiger partial charge in [-0.2, -0.15) is 0 Å². The van der Waals surface area contributed by atoms with E-state index >= 15 is 0 Å². The fourth-order valence-corrected chi connectivity index (χ4v) is 2.16. The van der Waals surface area contributed by atoms with Gasteiger partial charge in [0.25, 0.3) is 0 Å². The van der Waals surface area contributed by atoms with Crippen molar-refractivity contribution < 1.29 is 4.74 Å². The Morgan fingerprint density at radius 3 is 2.71 bits per heavy atom. The van der Waals surface area contributed by atoms with E-state index in [9.17, 15) is 0 Å². The highest BCUT2D eigenvalue weighted by atomic mass is 79.9. The number of fused-ring (bicyclic) bond motifs is 1. The fourth-order valence-electron chi connectivity index (χ4n) is 1.78. The van der Waals surface area contributed by atoms with Gasteiger partial charge in [-0.15, -0.1) is 0 Å². The van der Waals surface area contributed by atoms with Crippen LogP contribution in [0.1, 0.15) is 5.56 Å². The first-order chi connectivity index (χ1) is 8.29. The van der Waals surface area contributed by atoms with Gasteiger partial charge in [-0.05, 0) is 34.5 Å². The van der Waals surface area contributed by atoms with Gasteiger partial charge in [-0.3, -0.25) is 0 Å². The first-order valence-corrected chi connectivity index (χ1v) is 6.47. The van der Waals surface area contributed by atoms with Crippen molar-refractivity contribution >= 4 is 26.7 Å². The van der Waals surface area contributed by atoms with Crippen LogP contribution in [0.25, 0.3) is 10.8 Å². The van der Waals surface area contributed by atoms with Gasteiger partial charge in [-0.25, -0.2) is 0 Å². The standard InChI is InChI=1S/C14H16BrNO/c1-17-7-6-16-10-11-2-3-13-9-14(15)5-4-12(13)8-11/h2-5,8-9,16H,6-7,10H2,1H3. The molecular formula is C14H16BrNO. The molecular weight excluding hydrogens is 278 g/mol. The topological polar surface area (TPSA) is 21.3 Å². The molecule has 0 atom stereocenters. The molecule has 0 amide bonds. The van der Waals surface area contributed by atoms with Crippen molar-refractivity contribution in [2.45, 2.75) is 6.54 Å². The summed E-state index contributed by atoms with van der Waals surface area (Å²) < 4.78 is 6.12. The minimum absolute atomic E-state index is 0.751. The maximum Gasteiger partial charge on any atom is 0.0587 e. The predicted molar refractivity (Wildman–Crippen MR) is 75.2 cm³/mol. The van der Waals surface area contributed by atoms with Crippen LogP contribution in [0.5, 0.6) is 0 Å². The largest absolute Gasteiger partial charge is 0.383 e. The summed E-state index contributed by atoms with van der Waals surface area (Å²) in [6, 6.07) is 12.9. The molecule has 0 unspecified atom stereocenters. The van der Waals surface area contributed by atoms with E-state index in [0.29, 0.717) is 0 Å². The Morgan fingerprint density at radius 1 is 1.12 bits per heavy atom. The van der Waals surface area contributed by atoms with Crippen LogP contribution in [-0.4, -0.2) is 20.3 Å². The lowest BCUT2D eigenvalue weighted by Crippen LogP contribution is -2.18. The fraction of sp³-hybridized carbons (Fsp3) is 0.286. The number of halogens is 1. The van der Waals surface area contributed by atoms with Gasteiger partial charge < -0.3 is 10.1 Å². The zero-order valence-corrected chi connectivity index (χ0v) is 11.5. The molecule has 0 aromatic heterocycles. The summed E-state index contributed by atoms with van der Waals surface area (Å²) >= 11 is 3.48. The number of nitrogens with one attached hydrogen (secondary N) is 1. The molecule has 17 heavy (non-hydrogen) atoms. The van der Waals surface area contributed by atoms with Gasteiger partial charge in [0.15, 0.2) is 0 Å². The highest BCUT2D eigenvalue weighted by molar-refractivity contribution is 9.10. The maximum absolute atomic E-state index is 5.00. The molecule has 0 aliphatic heterocycles. The second kappa shape index (κ2) is 6.15. The number of ether oxygens (including phenoxy) is 1. The third-order valence-electron chi connectivity index (χ3n) is 2.68. The average Bonchev–Trinajstić information content (AvgIpc) is 2.35. The van der Waals surface area contributed by atoms with Gasteiger partial charge in [0, 0.05) is 24.7 Å². The lowest BCUT2D eigenvalue weighted by molar-refractivity contribution is 0.199. The Hall–Kier alpha value is -0.900. The van der Waals surface area contributed by atoms with Gasteiger partial charge in [0.05, 0.1) is 6.61 Å². The molecule has 0 fully saturated rings. The van der Waals surface area contributed by atoms with Crippen LogP contribution in [0.15, 0.2) is 40.9 Å². The first kappa shape index (κ1) is 12.6. The van der Waals surface area contributed by atoms with Crippen molar-refractivity contribution in [1.29, 1.82) is 0 Å². The van der Waals surface area contributed by atoms with Crippen LogP contribution >= 0.6 is 15.9 Å². The van der Waals surface area contributed by atoms with Gasteiger partial charge in [0.2, 0.25) is 0 Å². The maximum atomic E-state index is 5.00. The second-order valence-electron chi connectivity index (χ2n) is 4.00. The van der Waals surface area contributed by atoms with Crippen LogP contribution in [-0.2, 0) is 11.3 Å². The molecule has 2 aromatic rings. The molecule has 2 rings (SSSR count). The van der Waals surface area contributed by atoms with Crippen molar-refractivity contribution in [1.82, 2.24) is 5.32 Å². The minimum atomic E-state index is 0.751. The molecule has 0 bridgehead atoms. The van der Waals surface area contributed by atoms with Crippen LogP contribution in [0.4, 0.5) is 0 Å². The monoisotopic (exact) mass is 293 g/mol. The predicted octanol–water partition coefficient (Wildman–Crippen LogP) is 3.34. The van der Waals surface area contributed by atoms with E-state index in [1.807, 2.05) is 0 Å². The lowest BCUT2D eigenvalue weighted by Gasteiger charge is -2.06. The summed E-state index contributed by atoms with van der Waals surface area (Å²) in [7, 11) is 1.72. The minimum Gasteiger partial charge on any atom is -0.383 e. The summed E-state index contributed by atoms with van der Waals surface area (Å²) in [4.78, 5) is 0. The van der Waals surface area contributed by atoms with Crippen molar-refractivity contribution in [3.63, 3.8) is 0 Å². The van der Waals surface area contributed by atoms with Crippen LogP contribution in [0.2, 0.25) is 0 Å². The van der Waals surface area contributed by atoms with Crippen molar-refractivity contribution in [2.24, 2.45) is 0 Å². The van der Waals surface area contributed by atoms with E-state index in [-0.39, 0.29) is 0 Å². The smallest absolute Gasteiger partial charge is 0.0587 e. The van der Waals surface area contributed by atoms with Crippen molar-refractivity contribution in [2.75, 3.05) is 20.3 Å². The van der Waals surface area contributed by atoms with Gasteiger partial charge in [0.1, 0.15) is 0 Å². The number of hydrogen-bond donors (Lipinski definition) is 1. The van der Waals surface area contributed by atoms with E-state index in [2.05, 4.69) is 57.6 Å². The zero-order valence-electron chi connectivity index (χ0n) is 9.87. The Balaban J connectivity index is 2.07. The van der Waals surface area contributed by atoms with E-state index in [1.54, 1.807) is 7.11 Å². The third kappa shape index (κ3) is 3.53. The molecule has 0 radical (unpaired) electrons. The summed E-state index contributed by atoms with van der Waals surface area (Å²) in [5.74, 6) is 0. The normalized spacial score (nSPS) is 10.9. The molecule has 1 N–H and O–H groups in total. The van der Waals surface area contributed by atoms with Gasteiger partial charge >= 0.3 is 0 Å². The number of hydrogen-bond acceptors (Lipinski definition) is 2. The molecule has 0 saturated carbocycles. The van der Waals surface area contributed by atoms with E-state index in [4.69, 9.17) is 4.74 Å². The van der Waals surface area contributed by atoms with Crippen molar-refractivity contribution in [3.8, 4) is 0 Å². The summed E-state index contributed by atoms with van der Waals surface area (Å²) in [5, 5.41) is 5.89. The Morgan fingerprint density at radius 2 is 1.88 bits per heavy atom. The highest BCUT2D eigenvalue weighted by Gasteiger charge is 1.97. The first-order valence-electron chi connectivity index (χ1n) is 5.67. The quantitative estimate of drug-likeness (QED) is 0.854. The molecule has 90 valence electrons. The average molecular weight is 294 g/mol. The molecule has 0 spiro atoms. The SMILES string of the molecule is COCCNCc1ccc2cc(Br)ccc2c1. The Kier molecular flexibility index (Phi) is 4.54. The lowest BCUT2D eigenvalue weighted by atomic mass is 10.1. The van der Waals surface area contributed by atoms with E-state index in [1.165, 1.54) is 16.3 Å². The summed E-state index contributed by atoms with van der Waals surface area (Å²) in [6.45, 7) is 2.52. The van der Waals surface area contributed by atoms with Crippen LogP contribution in [0, 0.1) is 0 Å². The van der Waals surface area contributed by atoms with Crippen molar-refractivity contribution in [3.05, 3.63) is 46.4 Å². The molecule has 2 aromatic carbocycles. The molecule has 0 heterocycles. The third-order valence-corrected chi connectivity index (χ3v) is 3.17. The van der Waals surface area contributed by atoms with E-state index in [0.717, 1.165) is 24.2 Å². The molecule has 3 heteroatoms. The number of methoxy groups -OCH3 is 1. The Labute approximate surface area is 110 Å². The number of benzene rings is 2. The molecule has 0 aliphatic rings. The molecule has 0 aliphatic carbocycles. The summed E-state index contributed by atoms with van der Waals surface area (Å²) in [5.41, 5.74) is 1.30.